The Balaban J connectivity index is 1.73. The number of amides is 1. The zero-order valence-corrected chi connectivity index (χ0v) is 16.5. The fraction of sp³-hybridized carbons (Fsp3) is 0.476. The molecule has 3 rings (SSSR count). The number of methoxy groups -OCH3 is 1. The molecule has 28 heavy (non-hydrogen) atoms. The van der Waals surface area contributed by atoms with Crippen LogP contribution in [0.25, 0.3) is 0 Å². The van der Waals surface area contributed by atoms with Crippen molar-refractivity contribution in [1.29, 1.82) is 0 Å². The van der Waals surface area contributed by atoms with Crippen LogP contribution in [0, 0.1) is 5.92 Å². The van der Waals surface area contributed by atoms with Crippen molar-refractivity contribution < 1.29 is 14.3 Å². The van der Waals surface area contributed by atoms with Gasteiger partial charge in [0.15, 0.2) is 0 Å². The van der Waals surface area contributed by atoms with Crippen LogP contribution in [-0.4, -0.2) is 52.6 Å². The lowest BCUT2D eigenvalue weighted by Gasteiger charge is -2.25. The molecule has 150 valence electrons. The lowest BCUT2D eigenvalue weighted by atomic mass is 10.0. The SMILES string of the molecule is COC(=O)[C@H]1CC[C@@H](NC(C)=O)CN(Cc2nccn2Cc2ccccc2)C1. The van der Waals surface area contributed by atoms with Gasteiger partial charge in [0.25, 0.3) is 0 Å². The first-order valence-electron chi connectivity index (χ1n) is 9.66. The number of hydrogen-bond donors (Lipinski definition) is 1. The van der Waals surface area contributed by atoms with Gasteiger partial charge in [-0.3, -0.25) is 14.5 Å². The van der Waals surface area contributed by atoms with E-state index >= 15 is 0 Å². The second-order valence-electron chi connectivity index (χ2n) is 7.35. The molecule has 1 amide bonds. The zero-order chi connectivity index (χ0) is 19.9. The van der Waals surface area contributed by atoms with Crippen molar-refractivity contribution >= 4 is 11.9 Å². The van der Waals surface area contributed by atoms with E-state index in [0.29, 0.717) is 26.1 Å². The summed E-state index contributed by atoms with van der Waals surface area (Å²) in [6, 6.07) is 10.3. The van der Waals surface area contributed by atoms with E-state index in [1.807, 2.05) is 24.4 Å². The van der Waals surface area contributed by atoms with Gasteiger partial charge in [-0.25, -0.2) is 4.98 Å². The fourth-order valence-corrected chi connectivity index (χ4v) is 3.79. The topological polar surface area (TPSA) is 76.5 Å². The Morgan fingerprint density at radius 3 is 2.68 bits per heavy atom. The molecule has 2 heterocycles. The van der Waals surface area contributed by atoms with Crippen molar-refractivity contribution in [3.8, 4) is 0 Å². The summed E-state index contributed by atoms with van der Waals surface area (Å²) in [4.78, 5) is 30.4. The smallest absolute Gasteiger partial charge is 0.309 e. The largest absolute Gasteiger partial charge is 0.469 e. The molecular formula is C21H28N4O3. The van der Waals surface area contributed by atoms with Gasteiger partial charge in [0, 0.05) is 45.0 Å². The van der Waals surface area contributed by atoms with Gasteiger partial charge < -0.3 is 14.6 Å². The van der Waals surface area contributed by atoms with E-state index in [1.54, 1.807) is 6.20 Å². The van der Waals surface area contributed by atoms with Crippen molar-refractivity contribution in [2.75, 3.05) is 20.2 Å². The lowest BCUT2D eigenvalue weighted by Crippen LogP contribution is -2.42. The highest BCUT2D eigenvalue weighted by atomic mass is 16.5. The number of rotatable bonds is 6. The second-order valence-corrected chi connectivity index (χ2v) is 7.35. The Hall–Kier alpha value is -2.67. The molecule has 1 saturated heterocycles. The van der Waals surface area contributed by atoms with E-state index in [4.69, 9.17) is 4.74 Å². The molecular weight excluding hydrogens is 356 g/mol. The number of hydrogen-bond acceptors (Lipinski definition) is 5. The molecule has 0 unspecified atom stereocenters. The Morgan fingerprint density at radius 1 is 1.18 bits per heavy atom. The maximum Gasteiger partial charge on any atom is 0.309 e. The van der Waals surface area contributed by atoms with E-state index < -0.39 is 0 Å². The number of ether oxygens (including phenoxy) is 1. The van der Waals surface area contributed by atoms with E-state index in [0.717, 1.165) is 18.8 Å². The van der Waals surface area contributed by atoms with E-state index in [2.05, 4.69) is 31.9 Å². The normalized spacial score (nSPS) is 20.4. The number of carbonyl (C=O) groups is 2. The quantitative estimate of drug-likeness (QED) is 0.769. The van der Waals surface area contributed by atoms with E-state index in [9.17, 15) is 9.59 Å². The second kappa shape index (κ2) is 9.50. The Kier molecular flexibility index (Phi) is 6.81. The molecule has 7 nitrogen and oxygen atoms in total. The number of esters is 1. The third-order valence-corrected chi connectivity index (χ3v) is 5.13. The van der Waals surface area contributed by atoms with Gasteiger partial charge in [-0.2, -0.15) is 0 Å². The lowest BCUT2D eigenvalue weighted by molar-refractivity contribution is -0.146. The van der Waals surface area contributed by atoms with Crippen LogP contribution in [0.15, 0.2) is 42.7 Å². The molecule has 1 aliphatic heterocycles. The minimum atomic E-state index is -0.193. The van der Waals surface area contributed by atoms with Crippen LogP contribution in [0.3, 0.4) is 0 Å². The summed E-state index contributed by atoms with van der Waals surface area (Å²) in [5.41, 5.74) is 1.21. The molecule has 2 aromatic rings. The summed E-state index contributed by atoms with van der Waals surface area (Å²) in [7, 11) is 1.43. The standard InChI is InChI=1S/C21H28N4O3/c1-16(26)23-19-9-8-18(21(27)28-2)13-24(14-19)15-20-22-10-11-25(20)12-17-6-4-3-5-7-17/h3-7,10-11,18-19H,8-9,12-15H2,1-2H3,(H,23,26)/t18-,19+/m0/s1. The van der Waals surface area contributed by atoms with Gasteiger partial charge in [-0.1, -0.05) is 30.3 Å². The number of nitrogens with zero attached hydrogens (tertiary/aromatic N) is 3. The Morgan fingerprint density at radius 2 is 1.96 bits per heavy atom. The molecule has 1 fully saturated rings. The predicted molar refractivity (Wildman–Crippen MR) is 105 cm³/mol. The molecule has 1 aromatic carbocycles. The first-order chi connectivity index (χ1) is 13.5. The molecule has 0 bridgehead atoms. The van der Waals surface area contributed by atoms with Crippen molar-refractivity contribution in [2.45, 2.75) is 38.9 Å². The number of aromatic nitrogens is 2. The van der Waals surface area contributed by atoms with Gasteiger partial charge in [0.05, 0.1) is 19.6 Å². The van der Waals surface area contributed by atoms with Crippen LogP contribution in [0.1, 0.15) is 31.2 Å². The van der Waals surface area contributed by atoms with Gasteiger partial charge in [0.2, 0.25) is 5.91 Å². The van der Waals surface area contributed by atoms with Gasteiger partial charge in [0.1, 0.15) is 5.82 Å². The predicted octanol–water partition coefficient (Wildman–Crippen LogP) is 1.82. The van der Waals surface area contributed by atoms with Crippen LogP contribution in [0.5, 0.6) is 0 Å². The summed E-state index contributed by atoms with van der Waals surface area (Å²) in [6.07, 6.45) is 5.24. The summed E-state index contributed by atoms with van der Waals surface area (Å²) < 4.78 is 7.10. The van der Waals surface area contributed by atoms with Gasteiger partial charge in [-0.05, 0) is 18.4 Å². The number of imidazole rings is 1. The molecule has 2 atom stereocenters. The summed E-state index contributed by atoms with van der Waals surface area (Å²) in [6.45, 7) is 4.18. The molecule has 1 aliphatic rings. The highest BCUT2D eigenvalue weighted by Gasteiger charge is 2.30. The van der Waals surface area contributed by atoms with Crippen LogP contribution in [0.4, 0.5) is 0 Å². The summed E-state index contributed by atoms with van der Waals surface area (Å²) in [5, 5.41) is 3.00. The van der Waals surface area contributed by atoms with Gasteiger partial charge in [-0.15, -0.1) is 0 Å². The van der Waals surface area contributed by atoms with E-state index in [1.165, 1.54) is 19.6 Å². The minimum Gasteiger partial charge on any atom is -0.469 e. The summed E-state index contributed by atoms with van der Waals surface area (Å²) in [5.74, 6) is 0.505. The van der Waals surface area contributed by atoms with Crippen molar-refractivity contribution in [2.24, 2.45) is 5.92 Å². The van der Waals surface area contributed by atoms with Gasteiger partial charge >= 0.3 is 5.97 Å². The maximum atomic E-state index is 12.1. The average Bonchev–Trinajstić information content (AvgIpc) is 3.00. The fourth-order valence-electron chi connectivity index (χ4n) is 3.79. The van der Waals surface area contributed by atoms with E-state index in [-0.39, 0.29) is 23.8 Å². The number of likely N-dealkylation sites (tertiary alicyclic amines) is 1. The van der Waals surface area contributed by atoms with Crippen LogP contribution >= 0.6 is 0 Å². The average molecular weight is 384 g/mol. The molecule has 7 heteroatoms. The molecule has 1 N–H and O–H groups in total. The third kappa shape index (κ3) is 5.42. The van der Waals surface area contributed by atoms with Crippen molar-refractivity contribution in [1.82, 2.24) is 19.8 Å². The van der Waals surface area contributed by atoms with Crippen LogP contribution < -0.4 is 5.32 Å². The molecule has 0 spiro atoms. The molecule has 0 radical (unpaired) electrons. The van der Waals surface area contributed by atoms with Crippen LogP contribution in [-0.2, 0) is 27.4 Å². The van der Waals surface area contributed by atoms with Crippen molar-refractivity contribution in [3.05, 3.63) is 54.1 Å². The molecule has 1 aromatic heterocycles. The van der Waals surface area contributed by atoms with Crippen molar-refractivity contribution in [3.63, 3.8) is 0 Å². The maximum absolute atomic E-state index is 12.1. The Bertz CT molecular complexity index is 790. The zero-order valence-electron chi connectivity index (χ0n) is 16.5. The molecule has 0 saturated carbocycles. The monoisotopic (exact) mass is 384 g/mol. The number of carbonyl (C=O) groups excluding carboxylic acids is 2. The minimum absolute atomic E-state index is 0.0182. The summed E-state index contributed by atoms with van der Waals surface area (Å²) >= 11 is 0. The first kappa shape index (κ1) is 20.1. The Labute approximate surface area is 165 Å². The highest BCUT2D eigenvalue weighted by molar-refractivity contribution is 5.73. The third-order valence-electron chi connectivity index (χ3n) is 5.13. The number of nitrogens with one attached hydrogen (secondary N) is 1. The molecule has 0 aliphatic carbocycles. The first-order valence-corrected chi connectivity index (χ1v) is 9.66. The number of benzene rings is 1. The van der Waals surface area contributed by atoms with Crippen LogP contribution in [0.2, 0.25) is 0 Å². The highest BCUT2D eigenvalue weighted by Crippen LogP contribution is 2.20.